The minimum Gasteiger partial charge on any atom is -0.481 e. The number of aromatic nitrogens is 1. The van der Waals surface area contributed by atoms with Gasteiger partial charge < -0.3 is 9.63 Å². The van der Waals surface area contributed by atoms with Gasteiger partial charge in [-0.25, -0.2) is 13.1 Å². The molecular formula is C11H18N2O5S. The van der Waals surface area contributed by atoms with Gasteiger partial charge in [-0.3, -0.25) is 4.79 Å². The molecule has 8 heteroatoms. The Kier molecular flexibility index (Phi) is 4.70. The zero-order valence-electron chi connectivity index (χ0n) is 11.3. The van der Waals surface area contributed by atoms with Gasteiger partial charge in [-0.2, -0.15) is 0 Å². The maximum atomic E-state index is 12.1. The number of rotatable bonds is 6. The van der Waals surface area contributed by atoms with Crippen LogP contribution in [0, 0.1) is 25.7 Å². The summed E-state index contributed by atoms with van der Waals surface area (Å²) in [4.78, 5) is 11.0. The lowest BCUT2D eigenvalue weighted by molar-refractivity contribution is -0.142. The fourth-order valence-corrected chi connectivity index (χ4v) is 3.12. The number of carbonyl (C=O) groups is 1. The molecule has 7 nitrogen and oxygen atoms in total. The van der Waals surface area contributed by atoms with Crippen LogP contribution in [0.15, 0.2) is 9.42 Å². The highest BCUT2D eigenvalue weighted by Gasteiger charge is 2.28. The summed E-state index contributed by atoms with van der Waals surface area (Å²) in [6, 6.07) is 0. The Morgan fingerprint density at radius 3 is 2.37 bits per heavy atom. The van der Waals surface area contributed by atoms with Crippen molar-refractivity contribution in [1.29, 1.82) is 0 Å². The van der Waals surface area contributed by atoms with Crippen LogP contribution in [0.3, 0.4) is 0 Å². The van der Waals surface area contributed by atoms with Crippen molar-refractivity contribution in [2.75, 3.05) is 6.54 Å². The highest BCUT2D eigenvalue weighted by atomic mass is 32.2. The Labute approximate surface area is 112 Å². The predicted octanol–water partition coefficient (Wildman–Crippen LogP) is 0.927. The molecule has 0 aromatic carbocycles. The molecule has 1 unspecified atom stereocenters. The summed E-state index contributed by atoms with van der Waals surface area (Å²) < 4.78 is 31.3. The standard InChI is InChI=1S/C11H18N2O5S/c1-6(2)9(11(14)15)5-12-19(16,17)10-7(3)13-18-8(10)4/h6,9,12H,5H2,1-4H3,(H,14,15). The van der Waals surface area contributed by atoms with Crippen LogP contribution >= 0.6 is 0 Å². The van der Waals surface area contributed by atoms with Crippen LogP contribution in [-0.2, 0) is 14.8 Å². The number of hydrogen-bond donors (Lipinski definition) is 2. The van der Waals surface area contributed by atoms with Crippen molar-refractivity contribution < 1.29 is 22.8 Å². The third-order valence-electron chi connectivity index (χ3n) is 2.85. The van der Waals surface area contributed by atoms with E-state index in [-0.39, 0.29) is 28.8 Å². The van der Waals surface area contributed by atoms with Crippen molar-refractivity contribution >= 4 is 16.0 Å². The number of aliphatic carboxylic acids is 1. The van der Waals surface area contributed by atoms with Crippen molar-refractivity contribution in [2.24, 2.45) is 11.8 Å². The molecule has 0 aliphatic heterocycles. The lowest BCUT2D eigenvalue weighted by Gasteiger charge is -2.16. The van der Waals surface area contributed by atoms with Gasteiger partial charge in [0.15, 0.2) is 5.76 Å². The van der Waals surface area contributed by atoms with E-state index in [2.05, 4.69) is 9.88 Å². The van der Waals surface area contributed by atoms with E-state index in [9.17, 15) is 13.2 Å². The molecule has 0 aliphatic carbocycles. The molecule has 0 aliphatic rings. The summed E-state index contributed by atoms with van der Waals surface area (Å²) in [5.41, 5.74) is 0.251. The van der Waals surface area contributed by atoms with Crippen molar-refractivity contribution in [3.05, 3.63) is 11.5 Å². The summed E-state index contributed by atoms with van der Waals surface area (Å²) in [6.07, 6.45) is 0. The molecule has 1 aromatic rings. The first-order valence-corrected chi connectivity index (χ1v) is 7.30. The van der Waals surface area contributed by atoms with E-state index < -0.39 is 21.9 Å². The van der Waals surface area contributed by atoms with Crippen molar-refractivity contribution in [3.63, 3.8) is 0 Å². The third-order valence-corrected chi connectivity index (χ3v) is 4.52. The first-order chi connectivity index (χ1) is 8.66. The number of sulfonamides is 1. The zero-order chi connectivity index (χ0) is 14.8. The van der Waals surface area contributed by atoms with E-state index >= 15 is 0 Å². The minimum atomic E-state index is -3.81. The van der Waals surface area contributed by atoms with Gasteiger partial charge in [-0.15, -0.1) is 0 Å². The van der Waals surface area contributed by atoms with Gasteiger partial charge >= 0.3 is 5.97 Å². The molecule has 0 amide bonds. The second kappa shape index (κ2) is 5.70. The van der Waals surface area contributed by atoms with Crippen LogP contribution in [0.2, 0.25) is 0 Å². The first-order valence-electron chi connectivity index (χ1n) is 5.82. The maximum absolute atomic E-state index is 12.1. The lowest BCUT2D eigenvalue weighted by Crippen LogP contribution is -2.35. The van der Waals surface area contributed by atoms with E-state index in [1.165, 1.54) is 13.8 Å². The smallest absolute Gasteiger partial charge is 0.308 e. The van der Waals surface area contributed by atoms with Crippen molar-refractivity contribution in [3.8, 4) is 0 Å². The number of nitrogens with one attached hydrogen (secondary N) is 1. The largest absolute Gasteiger partial charge is 0.481 e. The molecule has 1 heterocycles. The van der Waals surface area contributed by atoms with Gasteiger partial charge in [0.2, 0.25) is 10.0 Å². The van der Waals surface area contributed by atoms with E-state index in [0.717, 1.165) is 0 Å². The first kappa shape index (κ1) is 15.6. The number of hydrogen-bond acceptors (Lipinski definition) is 5. The van der Waals surface area contributed by atoms with Crippen molar-refractivity contribution in [1.82, 2.24) is 9.88 Å². The number of aryl methyl sites for hydroxylation is 2. The van der Waals surface area contributed by atoms with Gasteiger partial charge in [0, 0.05) is 6.54 Å². The molecule has 0 spiro atoms. The van der Waals surface area contributed by atoms with E-state index in [1.807, 2.05) is 0 Å². The molecular weight excluding hydrogens is 272 g/mol. The fraction of sp³-hybridized carbons (Fsp3) is 0.636. The second-order valence-corrected chi connectivity index (χ2v) is 6.40. The molecule has 0 bridgehead atoms. The Bertz CT molecular complexity index is 542. The minimum absolute atomic E-state index is 0.0274. The topological polar surface area (TPSA) is 110 Å². The molecule has 1 atom stereocenters. The quantitative estimate of drug-likeness (QED) is 0.806. The number of nitrogens with zero attached hydrogens (tertiary/aromatic N) is 1. The van der Waals surface area contributed by atoms with Crippen LogP contribution < -0.4 is 4.72 Å². The highest BCUT2D eigenvalue weighted by molar-refractivity contribution is 7.89. The van der Waals surface area contributed by atoms with Gasteiger partial charge in [-0.05, 0) is 19.8 Å². The number of carboxylic acids is 1. The zero-order valence-corrected chi connectivity index (χ0v) is 12.1. The Hall–Kier alpha value is -1.41. The normalized spacial score (nSPS) is 13.7. The summed E-state index contributed by atoms with van der Waals surface area (Å²) >= 11 is 0. The molecule has 2 N–H and O–H groups in total. The Balaban J connectivity index is 2.90. The number of carboxylic acid groups (broad SMARTS) is 1. The van der Waals surface area contributed by atoms with Gasteiger partial charge in [0.25, 0.3) is 0 Å². The van der Waals surface area contributed by atoms with Gasteiger partial charge in [0.05, 0.1) is 5.92 Å². The molecule has 1 aromatic heterocycles. The molecule has 19 heavy (non-hydrogen) atoms. The van der Waals surface area contributed by atoms with Crippen LogP contribution in [0.1, 0.15) is 25.3 Å². The van der Waals surface area contributed by atoms with Gasteiger partial charge in [0.1, 0.15) is 10.6 Å². The fourth-order valence-electron chi connectivity index (χ4n) is 1.74. The monoisotopic (exact) mass is 290 g/mol. The molecule has 0 saturated carbocycles. The molecule has 0 fully saturated rings. The summed E-state index contributed by atoms with van der Waals surface area (Å²) in [6.45, 7) is 6.29. The molecule has 1 rings (SSSR count). The van der Waals surface area contributed by atoms with E-state index in [4.69, 9.17) is 9.63 Å². The Morgan fingerprint density at radius 2 is 2.00 bits per heavy atom. The summed E-state index contributed by atoms with van der Waals surface area (Å²) in [5, 5.41) is 12.6. The molecule has 108 valence electrons. The van der Waals surface area contributed by atoms with Gasteiger partial charge in [-0.1, -0.05) is 19.0 Å². The Morgan fingerprint density at radius 1 is 1.42 bits per heavy atom. The summed E-state index contributed by atoms with van der Waals surface area (Å²) in [5.74, 6) is -1.81. The SMILES string of the molecule is Cc1noc(C)c1S(=O)(=O)NCC(C(=O)O)C(C)C. The van der Waals surface area contributed by atoms with E-state index in [0.29, 0.717) is 0 Å². The average molecular weight is 290 g/mol. The highest BCUT2D eigenvalue weighted by Crippen LogP contribution is 2.19. The summed E-state index contributed by atoms with van der Waals surface area (Å²) in [7, 11) is -3.81. The van der Waals surface area contributed by atoms with E-state index in [1.54, 1.807) is 13.8 Å². The maximum Gasteiger partial charge on any atom is 0.308 e. The third kappa shape index (κ3) is 3.54. The van der Waals surface area contributed by atoms with Crippen molar-refractivity contribution in [2.45, 2.75) is 32.6 Å². The van der Waals surface area contributed by atoms with Crippen LogP contribution in [-0.4, -0.2) is 31.2 Å². The second-order valence-electron chi connectivity index (χ2n) is 4.69. The van der Waals surface area contributed by atoms with Crippen LogP contribution in [0.25, 0.3) is 0 Å². The predicted molar refractivity (Wildman–Crippen MR) is 67.1 cm³/mol. The van der Waals surface area contributed by atoms with Crippen LogP contribution in [0.4, 0.5) is 0 Å². The molecule has 0 radical (unpaired) electrons. The molecule has 0 saturated heterocycles. The van der Waals surface area contributed by atoms with Crippen LogP contribution in [0.5, 0.6) is 0 Å². The average Bonchev–Trinajstić information content (AvgIpc) is 2.57. The lowest BCUT2D eigenvalue weighted by atomic mass is 9.97.